The second-order valence-electron chi connectivity index (χ2n) is 4.80. The molecule has 1 N–H and O–H groups in total. The third-order valence-electron chi connectivity index (χ3n) is 3.38. The van der Waals surface area contributed by atoms with E-state index in [1.165, 1.54) is 12.8 Å². The van der Waals surface area contributed by atoms with Crippen molar-refractivity contribution in [1.29, 1.82) is 0 Å². The molecule has 2 rings (SSSR count). The largest absolute Gasteiger partial charge is 0.495 e. The molecule has 110 valence electrons. The molecule has 0 aromatic heterocycles. The molecule has 1 heterocycles. The van der Waals surface area contributed by atoms with Gasteiger partial charge < -0.3 is 15.0 Å². The van der Waals surface area contributed by atoms with E-state index in [-0.39, 0.29) is 6.03 Å². The Morgan fingerprint density at radius 2 is 1.80 bits per heavy atom. The van der Waals surface area contributed by atoms with Crippen LogP contribution in [-0.2, 0) is 0 Å². The Bertz CT molecular complexity index is 486. The molecule has 20 heavy (non-hydrogen) atoms. The number of nitrogens with zero attached hydrogens (tertiary/aromatic N) is 1. The minimum Gasteiger partial charge on any atom is -0.495 e. The van der Waals surface area contributed by atoms with Crippen molar-refractivity contribution in [3.8, 4) is 5.75 Å². The first-order chi connectivity index (χ1) is 9.61. The smallest absolute Gasteiger partial charge is 0.321 e. The molecule has 1 aromatic rings. The summed E-state index contributed by atoms with van der Waals surface area (Å²) in [4.78, 5) is 14.2. The number of methoxy groups -OCH3 is 1. The highest BCUT2D eigenvalue weighted by Crippen LogP contribution is 2.34. The van der Waals surface area contributed by atoms with Gasteiger partial charge in [0.2, 0.25) is 0 Å². The zero-order valence-electron chi connectivity index (χ0n) is 11.4. The molecule has 1 saturated heterocycles. The average molecular weight is 406 g/mol. The second-order valence-corrected chi connectivity index (χ2v) is 6.51. The summed E-state index contributed by atoms with van der Waals surface area (Å²) in [5.74, 6) is 0.694. The summed E-state index contributed by atoms with van der Waals surface area (Å²) < 4.78 is 6.93. The Balaban J connectivity index is 2.10. The van der Waals surface area contributed by atoms with Gasteiger partial charge in [0.25, 0.3) is 0 Å². The van der Waals surface area contributed by atoms with Gasteiger partial charge in [0.15, 0.2) is 0 Å². The van der Waals surface area contributed by atoms with E-state index in [0.717, 1.165) is 40.6 Å². The molecule has 2 amide bonds. The Morgan fingerprint density at radius 1 is 1.15 bits per heavy atom. The number of rotatable bonds is 2. The molecule has 0 spiro atoms. The lowest BCUT2D eigenvalue weighted by atomic mass is 10.2. The van der Waals surface area contributed by atoms with Gasteiger partial charge in [0.1, 0.15) is 5.75 Å². The monoisotopic (exact) mass is 404 g/mol. The summed E-state index contributed by atoms with van der Waals surface area (Å²) in [5.41, 5.74) is 0.722. The standard InChI is InChI=1S/C14H18Br2N2O2/c1-20-13-9-12(10(15)8-11(13)16)17-14(19)18-6-4-2-3-5-7-18/h8-9H,2-7H2,1H3,(H,17,19). The molecule has 0 unspecified atom stereocenters. The number of ether oxygens (including phenoxy) is 1. The van der Waals surface area contributed by atoms with Gasteiger partial charge in [-0.15, -0.1) is 0 Å². The highest BCUT2D eigenvalue weighted by Gasteiger charge is 2.17. The lowest BCUT2D eigenvalue weighted by molar-refractivity contribution is 0.213. The van der Waals surface area contributed by atoms with Crippen molar-refractivity contribution < 1.29 is 9.53 Å². The Labute approximate surface area is 136 Å². The van der Waals surface area contributed by atoms with Crippen molar-refractivity contribution in [3.05, 3.63) is 21.1 Å². The van der Waals surface area contributed by atoms with E-state index < -0.39 is 0 Å². The van der Waals surface area contributed by atoms with E-state index in [4.69, 9.17) is 4.74 Å². The summed E-state index contributed by atoms with van der Waals surface area (Å²) >= 11 is 6.88. The predicted molar refractivity (Wildman–Crippen MR) is 87.5 cm³/mol. The normalized spacial score (nSPS) is 15.7. The van der Waals surface area contributed by atoms with Crippen molar-refractivity contribution in [2.75, 3.05) is 25.5 Å². The Morgan fingerprint density at radius 3 is 2.40 bits per heavy atom. The van der Waals surface area contributed by atoms with E-state index in [9.17, 15) is 4.79 Å². The molecular formula is C14H18Br2N2O2. The van der Waals surface area contributed by atoms with Crippen LogP contribution in [0.3, 0.4) is 0 Å². The quantitative estimate of drug-likeness (QED) is 0.779. The zero-order chi connectivity index (χ0) is 14.5. The number of nitrogens with one attached hydrogen (secondary N) is 1. The zero-order valence-corrected chi connectivity index (χ0v) is 14.6. The van der Waals surface area contributed by atoms with Crippen LogP contribution in [0, 0.1) is 0 Å². The Kier molecular flexibility index (Phi) is 5.72. The number of anilines is 1. The van der Waals surface area contributed by atoms with Crippen LogP contribution in [0.4, 0.5) is 10.5 Å². The van der Waals surface area contributed by atoms with Crippen molar-refractivity contribution in [2.24, 2.45) is 0 Å². The van der Waals surface area contributed by atoms with Gasteiger partial charge in [0.05, 0.1) is 17.3 Å². The predicted octanol–water partition coefficient (Wildman–Crippen LogP) is 4.63. The van der Waals surface area contributed by atoms with E-state index >= 15 is 0 Å². The maximum atomic E-state index is 12.3. The van der Waals surface area contributed by atoms with Crippen LogP contribution in [0.5, 0.6) is 5.75 Å². The summed E-state index contributed by atoms with van der Waals surface area (Å²) in [6, 6.07) is 3.64. The highest BCUT2D eigenvalue weighted by molar-refractivity contribution is 9.11. The van der Waals surface area contributed by atoms with Crippen molar-refractivity contribution in [2.45, 2.75) is 25.7 Å². The summed E-state index contributed by atoms with van der Waals surface area (Å²) in [5, 5.41) is 2.95. The fourth-order valence-corrected chi connectivity index (χ4v) is 3.50. The maximum Gasteiger partial charge on any atom is 0.321 e. The maximum absolute atomic E-state index is 12.3. The number of urea groups is 1. The molecule has 4 nitrogen and oxygen atoms in total. The van der Waals surface area contributed by atoms with Gasteiger partial charge in [-0.05, 0) is 50.8 Å². The topological polar surface area (TPSA) is 41.6 Å². The third-order valence-corrected chi connectivity index (χ3v) is 4.65. The molecular weight excluding hydrogens is 388 g/mol. The number of hydrogen-bond donors (Lipinski definition) is 1. The summed E-state index contributed by atoms with van der Waals surface area (Å²) in [6.07, 6.45) is 4.58. The molecule has 0 aliphatic carbocycles. The van der Waals surface area contributed by atoms with E-state index in [1.54, 1.807) is 7.11 Å². The molecule has 1 aliphatic rings. The Hall–Kier alpha value is -0.750. The number of benzene rings is 1. The van der Waals surface area contributed by atoms with Gasteiger partial charge in [0, 0.05) is 23.6 Å². The van der Waals surface area contributed by atoms with Crippen LogP contribution >= 0.6 is 31.9 Å². The number of likely N-dealkylation sites (tertiary alicyclic amines) is 1. The number of hydrogen-bond acceptors (Lipinski definition) is 2. The molecule has 1 fully saturated rings. The number of carbonyl (C=O) groups excluding carboxylic acids is 1. The summed E-state index contributed by atoms with van der Waals surface area (Å²) in [6.45, 7) is 1.66. The lowest BCUT2D eigenvalue weighted by Crippen LogP contribution is -2.35. The molecule has 0 saturated carbocycles. The first kappa shape index (κ1) is 15.6. The van der Waals surface area contributed by atoms with Crippen molar-refractivity contribution in [3.63, 3.8) is 0 Å². The number of amides is 2. The first-order valence-electron chi connectivity index (χ1n) is 6.71. The fraction of sp³-hybridized carbons (Fsp3) is 0.500. The van der Waals surface area contributed by atoms with E-state index in [2.05, 4.69) is 37.2 Å². The SMILES string of the molecule is COc1cc(NC(=O)N2CCCCCC2)c(Br)cc1Br. The van der Waals surface area contributed by atoms with Gasteiger partial charge in [-0.3, -0.25) is 0 Å². The molecule has 0 radical (unpaired) electrons. The molecule has 1 aromatic carbocycles. The minimum absolute atomic E-state index is 0.0445. The summed E-state index contributed by atoms with van der Waals surface area (Å²) in [7, 11) is 1.61. The van der Waals surface area contributed by atoms with Gasteiger partial charge in [-0.25, -0.2) is 4.79 Å². The van der Waals surface area contributed by atoms with Gasteiger partial charge >= 0.3 is 6.03 Å². The van der Waals surface area contributed by atoms with Crippen LogP contribution in [0.1, 0.15) is 25.7 Å². The minimum atomic E-state index is -0.0445. The molecule has 1 aliphatic heterocycles. The van der Waals surface area contributed by atoms with Crippen LogP contribution in [-0.4, -0.2) is 31.1 Å². The third kappa shape index (κ3) is 3.88. The highest BCUT2D eigenvalue weighted by atomic mass is 79.9. The van der Waals surface area contributed by atoms with Gasteiger partial charge in [-0.1, -0.05) is 12.8 Å². The lowest BCUT2D eigenvalue weighted by Gasteiger charge is -2.21. The van der Waals surface area contributed by atoms with Crippen LogP contribution in [0.25, 0.3) is 0 Å². The van der Waals surface area contributed by atoms with E-state index in [1.807, 2.05) is 17.0 Å². The van der Waals surface area contributed by atoms with Crippen LogP contribution < -0.4 is 10.1 Å². The average Bonchev–Trinajstić information content (AvgIpc) is 2.70. The van der Waals surface area contributed by atoms with Gasteiger partial charge in [-0.2, -0.15) is 0 Å². The number of halogens is 2. The second kappa shape index (κ2) is 7.31. The number of carbonyl (C=O) groups is 1. The van der Waals surface area contributed by atoms with Crippen LogP contribution in [0.15, 0.2) is 21.1 Å². The van der Waals surface area contributed by atoms with E-state index in [0.29, 0.717) is 5.75 Å². The molecule has 6 heteroatoms. The fourth-order valence-electron chi connectivity index (χ4n) is 2.25. The van der Waals surface area contributed by atoms with Crippen molar-refractivity contribution >= 4 is 43.6 Å². The molecule has 0 bridgehead atoms. The van der Waals surface area contributed by atoms with Crippen LogP contribution in [0.2, 0.25) is 0 Å². The van der Waals surface area contributed by atoms with Crippen molar-refractivity contribution in [1.82, 2.24) is 4.90 Å². The molecule has 0 atom stereocenters. The first-order valence-corrected chi connectivity index (χ1v) is 8.29.